The number of carbonyl (C=O) groups is 1. The highest BCUT2D eigenvalue weighted by atomic mass is 19.1. The van der Waals surface area contributed by atoms with Crippen LogP contribution in [0.2, 0.25) is 0 Å². The number of hydrogen-bond acceptors (Lipinski definition) is 4. The van der Waals surface area contributed by atoms with Crippen LogP contribution in [0.3, 0.4) is 0 Å². The van der Waals surface area contributed by atoms with Crippen LogP contribution in [-0.2, 0) is 6.54 Å². The monoisotopic (exact) mass is 382 g/mol. The zero-order chi connectivity index (χ0) is 20.1. The highest BCUT2D eigenvalue weighted by Gasteiger charge is 2.15. The van der Waals surface area contributed by atoms with Gasteiger partial charge in [0.15, 0.2) is 0 Å². The molecule has 0 radical (unpaired) electrons. The number of benzene rings is 2. The summed E-state index contributed by atoms with van der Waals surface area (Å²) >= 11 is 0. The number of rotatable bonds is 6. The smallest absolute Gasteiger partial charge is 0.263 e. The van der Waals surface area contributed by atoms with Crippen LogP contribution < -0.4 is 20.3 Å². The molecule has 1 N–H and O–H groups in total. The number of nitrogens with zero attached hydrogens (tertiary/aromatic N) is 1. The lowest BCUT2D eigenvalue weighted by Crippen LogP contribution is -2.29. The van der Waals surface area contributed by atoms with Crippen LogP contribution in [0, 0.1) is 5.82 Å². The van der Waals surface area contributed by atoms with Gasteiger partial charge in [-0.3, -0.25) is 9.59 Å². The fourth-order valence-electron chi connectivity index (χ4n) is 2.74. The zero-order valence-electron chi connectivity index (χ0n) is 15.4. The minimum absolute atomic E-state index is 0.0263. The molecule has 0 fully saturated rings. The van der Waals surface area contributed by atoms with E-state index >= 15 is 0 Å². The summed E-state index contributed by atoms with van der Waals surface area (Å²) in [6.07, 6.45) is 1.51. The van der Waals surface area contributed by atoms with Crippen molar-refractivity contribution >= 4 is 11.6 Å². The lowest BCUT2D eigenvalue weighted by Gasteiger charge is -2.12. The fourth-order valence-corrected chi connectivity index (χ4v) is 2.74. The minimum Gasteiger partial charge on any atom is -0.497 e. The van der Waals surface area contributed by atoms with Crippen molar-refractivity contribution in [3.63, 3.8) is 0 Å². The highest BCUT2D eigenvalue weighted by Crippen LogP contribution is 2.29. The molecule has 1 aromatic heterocycles. The summed E-state index contributed by atoms with van der Waals surface area (Å²) in [6, 6.07) is 14.1. The van der Waals surface area contributed by atoms with Crippen LogP contribution in [0.1, 0.15) is 15.9 Å². The van der Waals surface area contributed by atoms with E-state index in [1.807, 2.05) is 0 Å². The van der Waals surface area contributed by atoms with E-state index < -0.39 is 17.3 Å². The average molecular weight is 382 g/mol. The van der Waals surface area contributed by atoms with E-state index in [1.165, 1.54) is 37.1 Å². The van der Waals surface area contributed by atoms with Gasteiger partial charge in [0, 0.05) is 17.8 Å². The number of amides is 1. The van der Waals surface area contributed by atoms with Gasteiger partial charge < -0.3 is 19.4 Å². The molecule has 0 saturated heterocycles. The van der Waals surface area contributed by atoms with Gasteiger partial charge in [-0.25, -0.2) is 4.39 Å². The average Bonchev–Trinajstić information content (AvgIpc) is 2.71. The van der Waals surface area contributed by atoms with E-state index in [0.29, 0.717) is 22.7 Å². The third-order valence-corrected chi connectivity index (χ3v) is 4.22. The van der Waals surface area contributed by atoms with Gasteiger partial charge in [0.2, 0.25) is 0 Å². The number of hydrogen-bond donors (Lipinski definition) is 1. The van der Waals surface area contributed by atoms with Crippen molar-refractivity contribution < 1.29 is 18.7 Å². The van der Waals surface area contributed by atoms with Crippen molar-refractivity contribution in [2.24, 2.45) is 0 Å². The number of carbonyl (C=O) groups excluding carboxylic acids is 1. The largest absolute Gasteiger partial charge is 0.497 e. The first-order chi connectivity index (χ1) is 13.5. The molecule has 0 spiro atoms. The Hall–Kier alpha value is -3.61. The predicted molar refractivity (Wildman–Crippen MR) is 104 cm³/mol. The Morgan fingerprint density at radius 3 is 2.57 bits per heavy atom. The Bertz CT molecular complexity index is 1060. The number of methoxy groups -OCH3 is 2. The van der Waals surface area contributed by atoms with Gasteiger partial charge in [-0.1, -0.05) is 18.2 Å². The number of ether oxygens (including phenoxy) is 2. The van der Waals surface area contributed by atoms with E-state index in [2.05, 4.69) is 5.32 Å². The van der Waals surface area contributed by atoms with Crippen molar-refractivity contribution in [3.05, 3.63) is 88.1 Å². The van der Waals surface area contributed by atoms with Crippen molar-refractivity contribution in [3.8, 4) is 11.5 Å². The Morgan fingerprint density at radius 2 is 1.86 bits per heavy atom. The Morgan fingerprint density at radius 1 is 1.07 bits per heavy atom. The molecule has 0 saturated carbocycles. The van der Waals surface area contributed by atoms with E-state index in [4.69, 9.17) is 9.47 Å². The topological polar surface area (TPSA) is 69.6 Å². The normalized spacial score (nSPS) is 10.4. The van der Waals surface area contributed by atoms with Gasteiger partial charge in [0.05, 0.1) is 26.5 Å². The maximum atomic E-state index is 13.9. The van der Waals surface area contributed by atoms with Crippen LogP contribution in [0.5, 0.6) is 11.5 Å². The molecule has 2 aromatic carbocycles. The van der Waals surface area contributed by atoms with Crippen molar-refractivity contribution in [2.75, 3.05) is 19.5 Å². The van der Waals surface area contributed by atoms with Crippen LogP contribution in [0.15, 0.2) is 65.6 Å². The van der Waals surface area contributed by atoms with Gasteiger partial charge in [-0.05, 0) is 30.3 Å². The van der Waals surface area contributed by atoms with E-state index in [0.717, 1.165) is 0 Å². The summed E-state index contributed by atoms with van der Waals surface area (Å²) in [5.41, 5.74) is 0.184. The molecule has 1 heterocycles. The predicted octanol–water partition coefficient (Wildman–Crippen LogP) is 3.31. The molecule has 0 aliphatic carbocycles. The second-order valence-corrected chi connectivity index (χ2v) is 5.97. The standard InChI is InChI=1S/C21H19FN2O4/c1-27-15-9-10-18(19(12-15)28-2)23-20(25)16-7-5-11-24(21(16)26)13-14-6-3-4-8-17(14)22/h3-12H,13H2,1-2H3,(H,23,25). The number of aromatic nitrogens is 1. The van der Waals surface area contributed by atoms with E-state index in [9.17, 15) is 14.0 Å². The number of nitrogens with one attached hydrogen (secondary N) is 1. The van der Waals surface area contributed by atoms with Crippen LogP contribution in [-0.4, -0.2) is 24.7 Å². The van der Waals surface area contributed by atoms with Gasteiger partial charge in [0.25, 0.3) is 11.5 Å². The van der Waals surface area contributed by atoms with Gasteiger partial charge in [0.1, 0.15) is 22.9 Å². The number of halogens is 1. The molecule has 0 unspecified atom stereocenters. The summed E-state index contributed by atoms with van der Waals surface area (Å²) in [6.45, 7) is 0.0263. The Kier molecular flexibility index (Phi) is 5.74. The lowest BCUT2D eigenvalue weighted by atomic mass is 10.2. The third kappa shape index (κ3) is 4.03. The van der Waals surface area contributed by atoms with Crippen molar-refractivity contribution in [1.29, 1.82) is 0 Å². The van der Waals surface area contributed by atoms with E-state index in [-0.39, 0.29) is 12.1 Å². The summed E-state index contributed by atoms with van der Waals surface area (Å²) in [5, 5.41) is 2.67. The van der Waals surface area contributed by atoms with Crippen LogP contribution in [0.25, 0.3) is 0 Å². The van der Waals surface area contributed by atoms with Crippen LogP contribution >= 0.6 is 0 Å². The maximum Gasteiger partial charge on any atom is 0.263 e. The Balaban J connectivity index is 1.87. The molecule has 0 aliphatic heterocycles. The molecule has 7 heteroatoms. The second kappa shape index (κ2) is 8.39. The Labute approximate surface area is 161 Å². The third-order valence-electron chi connectivity index (χ3n) is 4.22. The minimum atomic E-state index is -0.587. The number of anilines is 1. The van der Waals surface area contributed by atoms with E-state index in [1.54, 1.807) is 42.5 Å². The summed E-state index contributed by atoms with van der Waals surface area (Å²) in [7, 11) is 2.99. The van der Waals surface area contributed by atoms with Gasteiger partial charge in [-0.15, -0.1) is 0 Å². The SMILES string of the molecule is COc1ccc(NC(=O)c2cccn(Cc3ccccc3F)c2=O)c(OC)c1. The van der Waals surface area contributed by atoms with Gasteiger partial charge >= 0.3 is 0 Å². The molecule has 0 bridgehead atoms. The lowest BCUT2D eigenvalue weighted by molar-refractivity contribution is 0.102. The van der Waals surface area contributed by atoms with Crippen LogP contribution in [0.4, 0.5) is 10.1 Å². The molecule has 3 rings (SSSR count). The first-order valence-electron chi connectivity index (χ1n) is 8.49. The molecule has 6 nitrogen and oxygen atoms in total. The molecular formula is C21H19FN2O4. The quantitative estimate of drug-likeness (QED) is 0.710. The van der Waals surface area contributed by atoms with Gasteiger partial charge in [-0.2, -0.15) is 0 Å². The summed E-state index contributed by atoms with van der Waals surface area (Å²) in [5.74, 6) is -0.0271. The molecule has 3 aromatic rings. The molecule has 28 heavy (non-hydrogen) atoms. The highest BCUT2D eigenvalue weighted by molar-refractivity contribution is 6.04. The molecule has 144 valence electrons. The number of pyridine rings is 1. The molecule has 1 amide bonds. The fraction of sp³-hybridized carbons (Fsp3) is 0.143. The van der Waals surface area contributed by atoms with Crippen molar-refractivity contribution in [2.45, 2.75) is 6.54 Å². The first-order valence-corrected chi connectivity index (χ1v) is 8.49. The molecule has 0 aliphatic rings. The maximum absolute atomic E-state index is 13.9. The summed E-state index contributed by atoms with van der Waals surface area (Å²) in [4.78, 5) is 25.3. The molecular weight excluding hydrogens is 363 g/mol. The molecule has 0 atom stereocenters. The second-order valence-electron chi connectivity index (χ2n) is 5.97. The zero-order valence-corrected chi connectivity index (χ0v) is 15.4. The van der Waals surface area contributed by atoms with Crippen molar-refractivity contribution in [1.82, 2.24) is 4.57 Å². The summed E-state index contributed by atoms with van der Waals surface area (Å²) < 4.78 is 25.5. The first kappa shape index (κ1) is 19.2.